The van der Waals surface area contributed by atoms with Gasteiger partial charge in [0.1, 0.15) is 11.6 Å². The largest absolute Gasteiger partial charge is 0.472 e. The Morgan fingerprint density at radius 2 is 2.21 bits per heavy atom. The van der Waals surface area contributed by atoms with Gasteiger partial charge in [-0.25, -0.2) is 9.50 Å². The Balaban J connectivity index is 1.41. The van der Waals surface area contributed by atoms with E-state index in [-0.39, 0.29) is 6.10 Å². The molecule has 148 valence electrons. The summed E-state index contributed by atoms with van der Waals surface area (Å²) in [5.41, 5.74) is 7.67. The molecule has 2 aliphatic rings. The molecular weight excluding hydrogens is 368 g/mol. The van der Waals surface area contributed by atoms with E-state index in [1.165, 1.54) is 0 Å². The number of aromatic nitrogens is 5. The second kappa shape index (κ2) is 6.92. The number of rotatable bonds is 4. The molecule has 29 heavy (non-hydrogen) atoms. The van der Waals surface area contributed by atoms with E-state index in [1.54, 1.807) is 21.6 Å². The molecule has 4 atom stereocenters. The summed E-state index contributed by atoms with van der Waals surface area (Å²) in [4.78, 5) is 15.7. The molecule has 8 nitrogen and oxygen atoms in total. The van der Waals surface area contributed by atoms with Crippen molar-refractivity contribution in [1.29, 1.82) is 0 Å². The Labute approximate surface area is 168 Å². The molecule has 2 fully saturated rings. The maximum Gasteiger partial charge on any atom is 0.293 e. The minimum Gasteiger partial charge on any atom is -0.472 e. The topological polar surface area (TPSA) is 100 Å². The maximum absolute atomic E-state index is 10.9. The number of carbonyl (C=O) groups is 1. The molecule has 2 N–H and O–H groups in total. The molecule has 3 aromatic heterocycles. The summed E-state index contributed by atoms with van der Waals surface area (Å²) in [6, 6.07) is 1.92. The van der Waals surface area contributed by atoms with Crippen molar-refractivity contribution in [2.75, 3.05) is 0 Å². The lowest BCUT2D eigenvalue weighted by atomic mass is 9.84. The van der Waals surface area contributed by atoms with Gasteiger partial charge in [-0.3, -0.25) is 9.48 Å². The zero-order valence-electron chi connectivity index (χ0n) is 16.2. The SMILES string of the molecule is Cn1cc(-c2cn3nccc3c(O[C@H]3C[C@H]4C[C@H](CC#CC(N)=O)[C@H]3C4)n2)cn1. The summed E-state index contributed by atoms with van der Waals surface area (Å²) in [6.07, 6.45) is 11.5. The fraction of sp³-hybridized carbons (Fsp3) is 0.429. The van der Waals surface area contributed by atoms with Crippen LogP contribution in [0.4, 0.5) is 0 Å². The third kappa shape index (κ3) is 3.33. The summed E-state index contributed by atoms with van der Waals surface area (Å²) in [5.74, 6) is 6.94. The number of hydrogen-bond donors (Lipinski definition) is 1. The van der Waals surface area contributed by atoms with Crippen molar-refractivity contribution < 1.29 is 9.53 Å². The lowest BCUT2D eigenvalue weighted by molar-refractivity contribution is -0.112. The average molecular weight is 390 g/mol. The average Bonchev–Trinajstić information content (AvgIpc) is 3.44. The first-order valence-electron chi connectivity index (χ1n) is 9.85. The molecule has 8 heteroatoms. The van der Waals surface area contributed by atoms with Crippen LogP contribution in [0.5, 0.6) is 5.88 Å². The van der Waals surface area contributed by atoms with E-state index in [0.717, 1.165) is 36.0 Å². The van der Waals surface area contributed by atoms with Gasteiger partial charge in [-0.15, -0.1) is 0 Å². The Hall–Kier alpha value is -3.34. The molecule has 2 bridgehead atoms. The number of nitrogens with two attached hydrogens (primary N) is 1. The fourth-order valence-electron chi connectivity index (χ4n) is 4.89. The molecule has 2 aliphatic carbocycles. The van der Waals surface area contributed by atoms with E-state index >= 15 is 0 Å². The van der Waals surface area contributed by atoms with Gasteiger partial charge in [0, 0.05) is 25.2 Å². The highest BCUT2D eigenvalue weighted by Crippen LogP contribution is 2.51. The van der Waals surface area contributed by atoms with Crippen molar-refractivity contribution in [1.82, 2.24) is 24.4 Å². The second-order valence-corrected chi connectivity index (χ2v) is 8.02. The highest BCUT2D eigenvalue weighted by atomic mass is 16.5. The van der Waals surface area contributed by atoms with Crippen LogP contribution in [0.2, 0.25) is 0 Å². The molecule has 0 radical (unpaired) electrons. The summed E-state index contributed by atoms with van der Waals surface area (Å²) >= 11 is 0. The first-order valence-corrected chi connectivity index (χ1v) is 9.85. The number of fused-ring (bicyclic) bond motifs is 3. The van der Waals surface area contributed by atoms with Crippen LogP contribution in [-0.4, -0.2) is 36.4 Å². The number of amides is 1. The van der Waals surface area contributed by atoms with Crippen LogP contribution in [-0.2, 0) is 11.8 Å². The van der Waals surface area contributed by atoms with Gasteiger partial charge in [-0.05, 0) is 49.0 Å². The zero-order chi connectivity index (χ0) is 20.0. The molecule has 0 aromatic carbocycles. The third-order valence-electron chi connectivity index (χ3n) is 6.09. The van der Waals surface area contributed by atoms with Crippen LogP contribution < -0.4 is 10.5 Å². The highest BCUT2D eigenvalue weighted by Gasteiger charge is 2.47. The molecule has 1 amide bonds. The molecule has 0 unspecified atom stereocenters. The Kier molecular flexibility index (Phi) is 4.23. The second-order valence-electron chi connectivity index (χ2n) is 8.02. The molecule has 3 aromatic rings. The number of hydrogen-bond acceptors (Lipinski definition) is 5. The van der Waals surface area contributed by atoms with Gasteiger partial charge in [0.15, 0.2) is 0 Å². The molecule has 2 saturated carbocycles. The minimum atomic E-state index is -0.569. The normalized spacial score (nSPS) is 25.1. The van der Waals surface area contributed by atoms with E-state index in [9.17, 15) is 4.79 Å². The van der Waals surface area contributed by atoms with Crippen LogP contribution in [0, 0.1) is 29.6 Å². The predicted molar refractivity (Wildman–Crippen MR) is 106 cm³/mol. The minimum absolute atomic E-state index is 0.101. The van der Waals surface area contributed by atoms with Gasteiger partial charge < -0.3 is 10.5 Å². The molecule has 3 heterocycles. The Bertz CT molecular complexity index is 1140. The van der Waals surface area contributed by atoms with Gasteiger partial charge in [-0.2, -0.15) is 10.2 Å². The van der Waals surface area contributed by atoms with Crippen LogP contribution in [0.3, 0.4) is 0 Å². The van der Waals surface area contributed by atoms with E-state index in [4.69, 9.17) is 15.5 Å². The lowest BCUT2D eigenvalue weighted by Gasteiger charge is -2.28. The van der Waals surface area contributed by atoms with Gasteiger partial charge in [0.25, 0.3) is 5.91 Å². The number of ether oxygens (including phenoxy) is 1. The van der Waals surface area contributed by atoms with Gasteiger partial charge in [-0.1, -0.05) is 5.92 Å². The van der Waals surface area contributed by atoms with Gasteiger partial charge in [0.2, 0.25) is 5.88 Å². The van der Waals surface area contributed by atoms with Gasteiger partial charge in [0.05, 0.1) is 24.3 Å². The van der Waals surface area contributed by atoms with Crippen molar-refractivity contribution in [2.24, 2.45) is 30.5 Å². The summed E-state index contributed by atoms with van der Waals surface area (Å²) in [7, 11) is 1.88. The lowest BCUT2D eigenvalue weighted by Crippen LogP contribution is -2.30. The smallest absolute Gasteiger partial charge is 0.293 e. The van der Waals surface area contributed by atoms with Crippen LogP contribution in [0.1, 0.15) is 25.7 Å². The van der Waals surface area contributed by atoms with Crippen molar-refractivity contribution in [2.45, 2.75) is 31.8 Å². The first kappa shape index (κ1) is 17.7. The number of carbonyl (C=O) groups excluding carboxylic acids is 1. The predicted octanol–water partition coefficient (Wildman–Crippen LogP) is 1.80. The number of aryl methyl sites for hydroxylation is 1. The standard InChI is InChI=1S/C21H22N6O2/c1-26-11-15(10-24-26)17-12-27-18(5-6-23-27)21(25-17)29-19-9-13-7-14(16(19)8-13)3-2-4-20(22)28/h5-6,10-14,16,19H,3,7-9H2,1H3,(H2,22,28)/t13-,14-,16+,19-/m0/s1. The number of primary amides is 1. The zero-order valence-corrected chi connectivity index (χ0v) is 16.2. The number of nitrogens with zero attached hydrogens (tertiary/aromatic N) is 5. The Morgan fingerprint density at radius 3 is 2.97 bits per heavy atom. The summed E-state index contributed by atoms with van der Waals surface area (Å²) in [5, 5.41) is 8.61. The fourth-order valence-corrected chi connectivity index (χ4v) is 4.89. The first-order chi connectivity index (χ1) is 14.1. The van der Waals surface area contributed by atoms with Gasteiger partial charge >= 0.3 is 0 Å². The van der Waals surface area contributed by atoms with E-state index in [2.05, 4.69) is 22.0 Å². The quantitative estimate of drug-likeness (QED) is 0.685. The van der Waals surface area contributed by atoms with E-state index in [0.29, 0.717) is 30.1 Å². The van der Waals surface area contributed by atoms with Crippen molar-refractivity contribution in [3.05, 3.63) is 30.9 Å². The van der Waals surface area contributed by atoms with Crippen molar-refractivity contribution in [3.8, 4) is 29.0 Å². The molecule has 0 saturated heterocycles. The third-order valence-corrected chi connectivity index (χ3v) is 6.09. The maximum atomic E-state index is 10.9. The van der Waals surface area contributed by atoms with Crippen molar-refractivity contribution >= 4 is 11.4 Å². The summed E-state index contributed by atoms with van der Waals surface area (Å²) < 4.78 is 10.0. The molecular formula is C21H22N6O2. The van der Waals surface area contributed by atoms with Crippen molar-refractivity contribution in [3.63, 3.8) is 0 Å². The van der Waals surface area contributed by atoms with Crippen LogP contribution in [0.25, 0.3) is 16.8 Å². The summed E-state index contributed by atoms with van der Waals surface area (Å²) in [6.45, 7) is 0. The van der Waals surface area contributed by atoms with E-state index < -0.39 is 5.91 Å². The highest BCUT2D eigenvalue weighted by molar-refractivity contribution is 5.91. The Morgan fingerprint density at radius 1 is 1.31 bits per heavy atom. The van der Waals surface area contributed by atoms with Crippen LogP contribution >= 0.6 is 0 Å². The molecule has 5 rings (SSSR count). The monoisotopic (exact) mass is 390 g/mol. The molecule has 0 spiro atoms. The molecule has 0 aliphatic heterocycles. The van der Waals surface area contributed by atoms with E-state index in [1.807, 2.05) is 25.5 Å². The van der Waals surface area contributed by atoms with Crippen LogP contribution in [0.15, 0.2) is 30.9 Å².